The Labute approximate surface area is 142 Å². The molecular formula is C19H22N4O. The molecule has 2 aromatic carbocycles. The van der Waals surface area contributed by atoms with Crippen molar-refractivity contribution in [3.05, 3.63) is 54.1 Å². The zero-order valence-electron chi connectivity index (χ0n) is 14.0. The summed E-state index contributed by atoms with van der Waals surface area (Å²) in [6.45, 7) is 3.65. The molecule has 0 aliphatic carbocycles. The first-order chi connectivity index (χ1) is 11.8. The van der Waals surface area contributed by atoms with Gasteiger partial charge < -0.3 is 15.4 Å². The average Bonchev–Trinajstić information content (AvgIpc) is 2.62. The Morgan fingerprint density at radius 3 is 2.71 bits per heavy atom. The van der Waals surface area contributed by atoms with Crippen molar-refractivity contribution < 1.29 is 4.74 Å². The summed E-state index contributed by atoms with van der Waals surface area (Å²) < 4.78 is 5.26. The summed E-state index contributed by atoms with van der Waals surface area (Å²) in [5.41, 5.74) is 2.15. The summed E-state index contributed by atoms with van der Waals surface area (Å²) in [4.78, 5) is 9.19. The normalized spacial score (nSPS) is 10.6. The molecule has 5 heteroatoms. The third-order valence-electron chi connectivity index (χ3n) is 3.78. The van der Waals surface area contributed by atoms with Crippen LogP contribution < -0.4 is 15.4 Å². The van der Waals surface area contributed by atoms with Gasteiger partial charge in [0.1, 0.15) is 11.6 Å². The molecule has 124 valence electrons. The second-order valence-corrected chi connectivity index (χ2v) is 5.47. The summed E-state index contributed by atoms with van der Waals surface area (Å²) in [5.74, 6) is 2.39. The maximum Gasteiger partial charge on any atom is 0.225 e. The molecule has 0 fully saturated rings. The number of rotatable bonds is 7. The van der Waals surface area contributed by atoms with Gasteiger partial charge in [0.05, 0.1) is 12.6 Å². The van der Waals surface area contributed by atoms with Crippen LogP contribution in [0.5, 0.6) is 5.75 Å². The zero-order chi connectivity index (χ0) is 16.8. The first kappa shape index (κ1) is 16.1. The quantitative estimate of drug-likeness (QED) is 0.694. The Hall–Kier alpha value is -2.82. The number of nitrogens with zero attached hydrogens (tertiary/aromatic N) is 2. The van der Waals surface area contributed by atoms with Gasteiger partial charge in [0.15, 0.2) is 0 Å². The highest BCUT2D eigenvalue weighted by Gasteiger charge is 2.06. The third-order valence-corrected chi connectivity index (χ3v) is 3.78. The fourth-order valence-electron chi connectivity index (χ4n) is 2.60. The minimum atomic E-state index is 0.646. The molecule has 0 radical (unpaired) electrons. The van der Waals surface area contributed by atoms with E-state index in [0.717, 1.165) is 42.0 Å². The second kappa shape index (κ2) is 7.64. The number of hydrogen-bond acceptors (Lipinski definition) is 5. The molecule has 1 aromatic heterocycles. The highest BCUT2D eigenvalue weighted by molar-refractivity contribution is 5.89. The van der Waals surface area contributed by atoms with Crippen LogP contribution in [0.1, 0.15) is 12.5 Å². The molecule has 1 heterocycles. The van der Waals surface area contributed by atoms with Gasteiger partial charge in [-0.1, -0.05) is 24.3 Å². The maximum absolute atomic E-state index is 5.26. The lowest BCUT2D eigenvalue weighted by molar-refractivity contribution is 0.414. The van der Waals surface area contributed by atoms with Crippen LogP contribution in [0.4, 0.5) is 11.8 Å². The van der Waals surface area contributed by atoms with Gasteiger partial charge in [-0.2, -0.15) is 4.98 Å². The Bertz CT molecular complexity index is 819. The van der Waals surface area contributed by atoms with Gasteiger partial charge in [-0.15, -0.1) is 0 Å². The van der Waals surface area contributed by atoms with E-state index in [2.05, 4.69) is 33.6 Å². The van der Waals surface area contributed by atoms with Gasteiger partial charge in [0, 0.05) is 18.5 Å². The summed E-state index contributed by atoms with van der Waals surface area (Å²) in [7, 11) is 1.68. The first-order valence-electron chi connectivity index (χ1n) is 8.17. The van der Waals surface area contributed by atoms with E-state index >= 15 is 0 Å². The van der Waals surface area contributed by atoms with E-state index in [-0.39, 0.29) is 0 Å². The molecule has 0 bridgehead atoms. The van der Waals surface area contributed by atoms with Crippen molar-refractivity contribution in [1.29, 1.82) is 0 Å². The molecule has 2 N–H and O–H groups in total. The lowest BCUT2D eigenvalue weighted by Gasteiger charge is -2.11. The van der Waals surface area contributed by atoms with Crippen LogP contribution in [-0.2, 0) is 6.42 Å². The van der Waals surface area contributed by atoms with E-state index in [1.807, 2.05) is 42.5 Å². The number of aromatic nitrogens is 2. The van der Waals surface area contributed by atoms with Crippen LogP contribution in [-0.4, -0.2) is 30.2 Å². The van der Waals surface area contributed by atoms with Crippen LogP contribution in [0.25, 0.3) is 10.9 Å². The number of para-hydroxylation sites is 1. The number of benzene rings is 2. The van der Waals surface area contributed by atoms with Gasteiger partial charge >= 0.3 is 0 Å². The number of ether oxygens (including phenoxy) is 1. The van der Waals surface area contributed by atoms with Crippen molar-refractivity contribution in [2.75, 3.05) is 30.8 Å². The predicted octanol–water partition coefficient (Wildman–Crippen LogP) is 3.72. The van der Waals surface area contributed by atoms with Crippen LogP contribution in [0.15, 0.2) is 48.5 Å². The van der Waals surface area contributed by atoms with Gasteiger partial charge in [-0.25, -0.2) is 4.98 Å². The number of anilines is 2. The molecule has 0 saturated heterocycles. The minimum absolute atomic E-state index is 0.646. The van der Waals surface area contributed by atoms with Crippen molar-refractivity contribution in [3.8, 4) is 5.75 Å². The molecular weight excluding hydrogens is 300 g/mol. The number of fused-ring (bicyclic) bond motifs is 1. The largest absolute Gasteiger partial charge is 0.497 e. The zero-order valence-corrected chi connectivity index (χ0v) is 14.0. The monoisotopic (exact) mass is 322 g/mol. The molecule has 0 saturated carbocycles. The van der Waals surface area contributed by atoms with Gasteiger partial charge in [0.25, 0.3) is 0 Å². The lowest BCUT2D eigenvalue weighted by atomic mass is 10.1. The first-order valence-corrected chi connectivity index (χ1v) is 8.17. The van der Waals surface area contributed by atoms with Crippen molar-refractivity contribution in [2.45, 2.75) is 13.3 Å². The summed E-state index contributed by atoms with van der Waals surface area (Å²) in [6, 6.07) is 16.1. The number of hydrogen-bond donors (Lipinski definition) is 2. The smallest absolute Gasteiger partial charge is 0.225 e. The molecule has 24 heavy (non-hydrogen) atoms. The Morgan fingerprint density at radius 2 is 1.88 bits per heavy atom. The number of methoxy groups -OCH3 is 1. The standard InChI is InChI=1S/C19H22N4O/c1-3-20-18-16-9-4-5-10-17(16)22-19(23-18)21-12-11-14-7-6-8-15(13-14)24-2/h4-10,13H,3,11-12H2,1-2H3,(H2,20,21,22,23). The van der Waals surface area contributed by atoms with Gasteiger partial charge in [0.2, 0.25) is 5.95 Å². The summed E-state index contributed by atoms with van der Waals surface area (Å²) in [6.07, 6.45) is 0.879. The van der Waals surface area contributed by atoms with Crippen molar-refractivity contribution in [1.82, 2.24) is 9.97 Å². The molecule has 3 rings (SSSR count). The van der Waals surface area contributed by atoms with E-state index in [1.165, 1.54) is 5.56 Å². The molecule has 3 aromatic rings. The van der Waals surface area contributed by atoms with E-state index in [4.69, 9.17) is 4.74 Å². The molecule has 0 aliphatic rings. The molecule has 0 atom stereocenters. The van der Waals surface area contributed by atoms with Crippen LogP contribution in [0.2, 0.25) is 0 Å². The third kappa shape index (κ3) is 3.74. The Balaban J connectivity index is 1.72. The number of nitrogens with one attached hydrogen (secondary N) is 2. The maximum atomic E-state index is 5.26. The average molecular weight is 322 g/mol. The molecule has 5 nitrogen and oxygen atoms in total. The van der Waals surface area contributed by atoms with E-state index in [0.29, 0.717) is 5.95 Å². The van der Waals surface area contributed by atoms with Crippen molar-refractivity contribution >= 4 is 22.7 Å². The van der Waals surface area contributed by atoms with E-state index in [9.17, 15) is 0 Å². The van der Waals surface area contributed by atoms with Crippen LogP contribution in [0, 0.1) is 0 Å². The van der Waals surface area contributed by atoms with Crippen molar-refractivity contribution in [3.63, 3.8) is 0 Å². The van der Waals surface area contributed by atoms with E-state index in [1.54, 1.807) is 7.11 Å². The lowest BCUT2D eigenvalue weighted by Crippen LogP contribution is -2.10. The SMILES string of the molecule is CCNc1nc(NCCc2cccc(OC)c2)nc2ccccc12. The molecule has 0 amide bonds. The minimum Gasteiger partial charge on any atom is -0.497 e. The van der Waals surface area contributed by atoms with E-state index < -0.39 is 0 Å². The summed E-state index contributed by atoms with van der Waals surface area (Å²) >= 11 is 0. The highest BCUT2D eigenvalue weighted by Crippen LogP contribution is 2.21. The van der Waals surface area contributed by atoms with Crippen LogP contribution in [0.3, 0.4) is 0 Å². The Kier molecular flexibility index (Phi) is 5.11. The second-order valence-electron chi connectivity index (χ2n) is 5.47. The molecule has 0 unspecified atom stereocenters. The molecule has 0 spiro atoms. The predicted molar refractivity (Wildman–Crippen MR) is 98.9 cm³/mol. The fourth-order valence-corrected chi connectivity index (χ4v) is 2.60. The topological polar surface area (TPSA) is 59.1 Å². The summed E-state index contributed by atoms with van der Waals surface area (Å²) in [5, 5.41) is 7.66. The van der Waals surface area contributed by atoms with Crippen LogP contribution >= 0.6 is 0 Å². The fraction of sp³-hybridized carbons (Fsp3) is 0.263. The Morgan fingerprint density at radius 1 is 1.00 bits per heavy atom. The van der Waals surface area contributed by atoms with Crippen molar-refractivity contribution in [2.24, 2.45) is 0 Å². The van der Waals surface area contributed by atoms with Gasteiger partial charge in [-0.3, -0.25) is 0 Å². The molecule has 0 aliphatic heterocycles. The van der Waals surface area contributed by atoms with Gasteiger partial charge in [-0.05, 0) is 43.2 Å². The highest BCUT2D eigenvalue weighted by atomic mass is 16.5.